The molecular weight excluding hydrogens is 266 g/mol. The lowest BCUT2D eigenvalue weighted by Gasteiger charge is -2.30. The van der Waals surface area contributed by atoms with Gasteiger partial charge in [-0.1, -0.05) is 29.8 Å². The van der Waals surface area contributed by atoms with Gasteiger partial charge >= 0.3 is 0 Å². The zero-order valence-electron chi connectivity index (χ0n) is 8.86. The highest BCUT2D eigenvalue weighted by atomic mass is 35.5. The molecule has 0 aromatic heterocycles. The summed E-state index contributed by atoms with van der Waals surface area (Å²) in [5.74, 6) is 0.359. The Kier molecular flexibility index (Phi) is 7.36. The normalized spacial score (nSPS) is 24.1. The Balaban J connectivity index is 0.00000112. The second kappa shape index (κ2) is 7.36. The Morgan fingerprint density at radius 2 is 1.94 bits per heavy atom. The van der Waals surface area contributed by atoms with E-state index < -0.39 is 0 Å². The number of rotatable bonds is 1. The molecule has 0 saturated carbocycles. The molecular formula is C11H17Cl3N2. The number of piperidine rings is 1. The predicted molar refractivity (Wildman–Crippen MR) is 74.2 cm³/mol. The zero-order chi connectivity index (χ0) is 9.97. The van der Waals surface area contributed by atoms with Crippen LogP contribution in [0.1, 0.15) is 17.9 Å². The van der Waals surface area contributed by atoms with Crippen molar-refractivity contribution in [1.82, 2.24) is 5.32 Å². The van der Waals surface area contributed by atoms with Gasteiger partial charge in [0.25, 0.3) is 0 Å². The predicted octanol–water partition coefficient (Wildman–Crippen LogP) is 2.59. The summed E-state index contributed by atoms with van der Waals surface area (Å²) >= 11 is 6.14. The van der Waals surface area contributed by atoms with Crippen molar-refractivity contribution < 1.29 is 0 Å². The molecule has 1 aromatic carbocycles. The number of hydrogen-bond donors (Lipinski definition) is 2. The van der Waals surface area contributed by atoms with Gasteiger partial charge in [0, 0.05) is 23.5 Å². The fourth-order valence-corrected chi connectivity index (χ4v) is 2.27. The fourth-order valence-electron chi connectivity index (χ4n) is 2.00. The maximum Gasteiger partial charge on any atom is 0.0441 e. The van der Waals surface area contributed by atoms with Gasteiger partial charge in [-0.2, -0.15) is 0 Å². The van der Waals surface area contributed by atoms with Crippen LogP contribution in [0, 0.1) is 0 Å². The smallest absolute Gasteiger partial charge is 0.0441 e. The molecule has 0 aliphatic carbocycles. The summed E-state index contributed by atoms with van der Waals surface area (Å²) in [5.41, 5.74) is 7.26. The molecule has 5 heteroatoms. The summed E-state index contributed by atoms with van der Waals surface area (Å²) in [6.45, 7) is 1.95. The van der Waals surface area contributed by atoms with Crippen LogP contribution >= 0.6 is 36.4 Å². The lowest BCUT2D eigenvalue weighted by molar-refractivity contribution is 0.403. The lowest BCUT2D eigenvalue weighted by Crippen LogP contribution is -2.43. The quantitative estimate of drug-likeness (QED) is 0.831. The molecule has 1 aromatic rings. The van der Waals surface area contributed by atoms with E-state index in [4.69, 9.17) is 17.3 Å². The summed E-state index contributed by atoms with van der Waals surface area (Å²) < 4.78 is 0. The summed E-state index contributed by atoms with van der Waals surface area (Å²) in [4.78, 5) is 0. The van der Waals surface area contributed by atoms with Crippen molar-refractivity contribution in [2.45, 2.75) is 18.4 Å². The molecule has 1 heterocycles. The van der Waals surface area contributed by atoms with E-state index in [-0.39, 0.29) is 30.9 Å². The highest BCUT2D eigenvalue weighted by Crippen LogP contribution is 2.28. The third-order valence-corrected chi connectivity index (χ3v) is 3.18. The molecule has 92 valence electrons. The minimum Gasteiger partial charge on any atom is -0.327 e. The van der Waals surface area contributed by atoms with E-state index in [1.807, 2.05) is 18.2 Å². The zero-order valence-corrected chi connectivity index (χ0v) is 11.2. The molecule has 1 saturated heterocycles. The molecule has 0 radical (unpaired) electrons. The first kappa shape index (κ1) is 16.0. The van der Waals surface area contributed by atoms with Crippen LogP contribution in [0.4, 0.5) is 0 Å². The number of halogens is 3. The van der Waals surface area contributed by atoms with E-state index in [9.17, 15) is 0 Å². The van der Waals surface area contributed by atoms with Gasteiger partial charge < -0.3 is 11.1 Å². The molecule has 1 aliphatic heterocycles. The maximum atomic E-state index is 6.14. The first-order chi connectivity index (χ1) is 6.79. The third-order valence-electron chi connectivity index (χ3n) is 2.84. The van der Waals surface area contributed by atoms with Crippen molar-refractivity contribution in [3.8, 4) is 0 Å². The first-order valence-corrected chi connectivity index (χ1v) is 5.37. The number of nitrogens with one attached hydrogen (secondary N) is 1. The Morgan fingerprint density at radius 3 is 2.56 bits per heavy atom. The summed E-state index contributed by atoms with van der Waals surface area (Å²) in [6, 6.07) is 8.20. The standard InChI is InChI=1S/C11H15ClN2.2ClH/c12-10-4-2-1-3-8(10)9-7-14-6-5-11(9)13;;/h1-4,9,11,14H,5-7,13H2;2*1H. The average molecular weight is 284 g/mol. The molecule has 0 amide bonds. The molecule has 2 unspecified atom stereocenters. The maximum absolute atomic E-state index is 6.14. The summed E-state index contributed by atoms with van der Waals surface area (Å²) in [5, 5.41) is 4.18. The van der Waals surface area contributed by atoms with Crippen LogP contribution in [-0.2, 0) is 0 Å². The Morgan fingerprint density at radius 1 is 1.25 bits per heavy atom. The van der Waals surface area contributed by atoms with Crippen molar-refractivity contribution in [1.29, 1.82) is 0 Å². The summed E-state index contributed by atoms with van der Waals surface area (Å²) in [7, 11) is 0. The van der Waals surface area contributed by atoms with Gasteiger partial charge in [-0.05, 0) is 24.6 Å². The van der Waals surface area contributed by atoms with Crippen LogP contribution in [0.5, 0.6) is 0 Å². The van der Waals surface area contributed by atoms with Gasteiger partial charge in [0.15, 0.2) is 0 Å². The van der Waals surface area contributed by atoms with E-state index >= 15 is 0 Å². The first-order valence-electron chi connectivity index (χ1n) is 5.00. The van der Waals surface area contributed by atoms with Crippen molar-refractivity contribution in [3.63, 3.8) is 0 Å². The SMILES string of the molecule is Cl.Cl.NC1CCNCC1c1ccccc1Cl. The molecule has 2 rings (SSSR count). The van der Waals surface area contributed by atoms with Crippen molar-refractivity contribution in [2.24, 2.45) is 5.73 Å². The van der Waals surface area contributed by atoms with Crippen LogP contribution in [0.15, 0.2) is 24.3 Å². The van der Waals surface area contributed by atoms with E-state index in [2.05, 4.69) is 11.4 Å². The van der Waals surface area contributed by atoms with E-state index in [1.165, 1.54) is 5.56 Å². The van der Waals surface area contributed by atoms with Gasteiger partial charge in [0.05, 0.1) is 0 Å². The highest BCUT2D eigenvalue weighted by Gasteiger charge is 2.24. The topological polar surface area (TPSA) is 38.0 Å². The highest BCUT2D eigenvalue weighted by molar-refractivity contribution is 6.31. The molecule has 2 atom stereocenters. The molecule has 0 bridgehead atoms. The van der Waals surface area contributed by atoms with Crippen molar-refractivity contribution >= 4 is 36.4 Å². The Labute approximate surface area is 114 Å². The second-order valence-corrected chi connectivity index (χ2v) is 4.19. The van der Waals surface area contributed by atoms with E-state index in [0.29, 0.717) is 5.92 Å². The lowest BCUT2D eigenvalue weighted by atomic mass is 9.87. The van der Waals surface area contributed by atoms with Crippen molar-refractivity contribution in [3.05, 3.63) is 34.9 Å². The Hall–Kier alpha value is 0.01000. The van der Waals surface area contributed by atoms with Gasteiger partial charge in [-0.25, -0.2) is 0 Å². The largest absolute Gasteiger partial charge is 0.327 e. The van der Waals surface area contributed by atoms with E-state index in [0.717, 1.165) is 24.5 Å². The van der Waals surface area contributed by atoms with Gasteiger partial charge in [-0.3, -0.25) is 0 Å². The van der Waals surface area contributed by atoms with Gasteiger partial charge in [0.1, 0.15) is 0 Å². The fraction of sp³-hybridized carbons (Fsp3) is 0.455. The second-order valence-electron chi connectivity index (χ2n) is 3.78. The van der Waals surface area contributed by atoms with Gasteiger partial charge in [-0.15, -0.1) is 24.8 Å². The molecule has 2 nitrogen and oxygen atoms in total. The van der Waals surface area contributed by atoms with Gasteiger partial charge in [0.2, 0.25) is 0 Å². The number of benzene rings is 1. The molecule has 16 heavy (non-hydrogen) atoms. The molecule has 1 aliphatic rings. The van der Waals surface area contributed by atoms with Crippen LogP contribution in [0.25, 0.3) is 0 Å². The van der Waals surface area contributed by atoms with Crippen LogP contribution < -0.4 is 11.1 Å². The molecule has 3 N–H and O–H groups in total. The number of hydrogen-bond acceptors (Lipinski definition) is 2. The Bertz CT molecular complexity index is 320. The summed E-state index contributed by atoms with van der Waals surface area (Å²) in [6.07, 6.45) is 1.02. The number of nitrogens with two attached hydrogens (primary N) is 1. The van der Waals surface area contributed by atoms with E-state index in [1.54, 1.807) is 0 Å². The van der Waals surface area contributed by atoms with Crippen LogP contribution in [0.2, 0.25) is 5.02 Å². The minimum atomic E-state index is 0. The van der Waals surface area contributed by atoms with Crippen molar-refractivity contribution in [2.75, 3.05) is 13.1 Å². The minimum absolute atomic E-state index is 0. The van der Waals surface area contributed by atoms with Crippen LogP contribution in [-0.4, -0.2) is 19.1 Å². The third kappa shape index (κ3) is 3.51. The molecule has 1 fully saturated rings. The average Bonchev–Trinajstić information content (AvgIpc) is 2.20. The monoisotopic (exact) mass is 282 g/mol. The molecule has 0 spiro atoms. The van der Waals surface area contributed by atoms with Crippen LogP contribution in [0.3, 0.4) is 0 Å².